The van der Waals surface area contributed by atoms with Crippen molar-refractivity contribution in [3.8, 4) is 0 Å². The molecule has 4 nitrogen and oxygen atoms in total. The molecule has 1 atom stereocenters. The summed E-state index contributed by atoms with van der Waals surface area (Å²) in [5.41, 5.74) is 3.81. The van der Waals surface area contributed by atoms with Crippen LogP contribution in [0.15, 0.2) is 30.5 Å². The minimum Gasteiger partial charge on any atom is -0.312 e. The third kappa shape index (κ3) is 2.96. The van der Waals surface area contributed by atoms with E-state index in [1.807, 2.05) is 25.0 Å². The molecule has 0 saturated heterocycles. The molecule has 96 valence electrons. The highest BCUT2D eigenvalue weighted by Crippen LogP contribution is 2.17. The average molecular weight is 244 g/mol. The third-order valence-electron chi connectivity index (χ3n) is 3.30. The molecule has 4 heteroatoms. The Morgan fingerprint density at radius 3 is 2.56 bits per heavy atom. The molecule has 18 heavy (non-hydrogen) atoms. The van der Waals surface area contributed by atoms with Crippen LogP contribution in [-0.4, -0.2) is 22.0 Å². The molecule has 1 N–H and O–H groups in total. The van der Waals surface area contributed by atoms with Crippen LogP contribution < -0.4 is 5.32 Å². The fourth-order valence-electron chi connectivity index (χ4n) is 2.12. The summed E-state index contributed by atoms with van der Waals surface area (Å²) in [5, 5.41) is 11.2. The van der Waals surface area contributed by atoms with Gasteiger partial charge in [-0.1, -0.05) is 35.0 Å². The van der Waals surface area contributed by atoms with Crippen LogP contribution in [0.4, 0.5) is 0 Å². The lowest BCUT2D eigenvalue weighted by atomic mass is 10.0. The molecule has 0 aliphatic heterocycles. The lowest BCUT2D eigenvalue weighted by molar-refractivity contribution is 0.505. The zero-order valence-corrected chi connectivity index (χ0v) is 11.2. The first-order valence-corrected chi connectivity index (χ1v) is 6.28. The van der Waals surface area contributed by atoms with E-state index in [0.717, 1.165) is 18.5 Å². The molecule has 0 aliphatic carbocycles. The Balaban J connectivity index is 2.00. The molecule has 1 unspecified atom stereocenters. The second-order valence-electron chi connectivity index (χ2n) is 4.65. The van der Waals surface area contributed by atoms with Crippen LogP contribution >= 0.6 is 0 Å². The number of aromatic nitrogens is 3. The molecule has 1 aromatic carbocycles. The van der Waals surface area contributed by atoms with Crippen LogP contribution in [0.3, 0.4) is 0 Å². The van der Waals surface area contributed by atoms with Crippen molar-refractivity contribution in [3.63, 3.8) is 0 Å². The first-order chi connectivity index (χ1) is 8.70. The molecule has 1 heterocycles. The average Bonchev–Trinajstić information content (AvgIpc) is 2.79. The molecule has 2 aromatic rings. The summed E-state index contributed by atoms with van der Waals surface area (Å²) in [4.78, 5) is 0. The van der Waals surface area contributed by atoms with Crippen LogP contribution in [0.1, 0.15) is 29.3 Å². The second kappa shape index (κ2) is 5.78. The van der Waals surface area contributed by atoms with Crippen LogP contribution in [0.25, 0.3) is 0 Å². The smallest absolute Gasteiger partial charge is 0.0753 e. The summed E-state index contributed by atoms with van der Waals surface area (Å²) in [5.74, 6) is 0. The molecule has 2 rings (SSSR count). The van der Waals surface area contributed by atoms with Gasteiger partial charge in [0.2, 0.25) is 0 Å². The van der Waals surface area contributed by atoms with Gasteiger partial charge in [-0.25, -0.2) is 0 Å². The number of hydrogen-bond acceptors (Lipinski definition) is 3. The van der Waals surface area contributed by atoms with Gasteiger partial charge in [0.15, 0.2) is 0 Å². The number of nitrogens with zero attached hydrogens (tertiary/aromatic N) is 3. The molecule has 0 radical (unpaired) electrons. The quantitative estimate of drug-likeness (QED) is 0.875. The maximum atomic E-state index is 3.98. The van der Waals surface area contributed by atoms with Gasteiger partial charge in [0, 0.05) is 7.05 Å². The molecule has 0 spiro atoms. The van der Waals surface area contributed by atoms with E-state index < -0.39 is 0 Å². The predicted octanol–water partition coefficient (Wildman–Crippen LogP) is 2.02. The monoisotopic (exact) mass is 244 g/mol. The van der Waals surface area contributed by atoms with Crippen LogP contribution in [0.5, 0.6) is 0 Å². The molecular weight excluding hydrogens is 224 g/mol. The Morgan fingerprint density at radius 1 is 1.28 bits per heavy atom. The molecular formula is C14H20N4. The van der Waals surface area contributed by atoms with Gasteiger partial charge in [-0.3, -0.25) is 4.68 Å². The van der Waals surface area contributed by atoms with Crippen molar-refractivity contribution < 1.29 is 0 Å². The topological polar surface area (TPSA) is 42.7 Å². The molecule has 0 saturated carbocycles. The van der Waals surface area contributed by atoms with E-state index in [1.54, 1.807) is 0 Å². The zero-order valence-electron chi connectivity index (χ0n) is 11.2. The minimum absolute atomic E-state index is 0.298. The van der Waals surface area contributed by atoms with Crippen LogP contribution in [0.2, 0.25) is 0 Å². The summed E-state index contributed by atoms with van der Waals surface area (Å²) in [6.45, 7) is 2.11. The number of hydrogen-bond donors (Lipinski definition) is 1. The van der Waals surface area contributed by atoms with Crippen molar-refractivity contribution in [1.82, 2.24) is 20.3 Å². The van der Waals surface area contributed by atoms with E-state index in [0.29, 0.717) is 6.04 Å². The minimum atomic E-state index is 0.298. The van der Waals surface area contributed by atoms with Crippen molar-refractivity contribution in [3.05, 3.63) is 47.3 Å². The van der Waals surface area contributed by atoms with Crippen molar-refractivity contribution in [2.24, 2.45) is 7.05 Å². The van der Waals surface area contributed by atoms with Gasteiger partial charge < -0.3 is 5.32 Å². The van der Waals surface area contributed by atoms with Gasteiger partial charge in [-0.15, -0.1) is 5.10 Å². The highest BCUT2D eigenvalue weighted by Gasteiger charge is 2.13. The summed E-state index contributed by atoms with van der Waals surface area (Å²) in [6, 6.07) is 9.02. The predicted molar refractivity (Wildman–Crippen MR) is 72.3 cm³/mol. The van der Waals surface area contributed by atoms with Crippen molar-refractivity contribution in [1.29, 1.82) is 0 Å². The van der Waals surface area contributed by atoms with Crippen molar-refractivity contribution >= 4 is 0 Å². The number of benzene rings is 1. The number of aryl methyl sites for hydroxylation is 3. The molecule has 0 amide bonds. The fourth-order valence-corrected chi connectivity index (χ4v) is 2.12. The van der Waals surface area contributed by atoms with Gasteiger partial charge in [0.05, 0.1) is 17.9 Å². The Kier molecular flexibility index (Phi) is 4.10. The Labute approximate surface area is 108 Å². The van der Waals surface area contributed by atoms with E-state index in [-0.39, 0.29) is 0 Å². The van der Waals surface area contributed by atoms with E-state index in [4.69, 9.17) is 0 Å². The highest BCUT2D eigenvalue weighted by atomic mass is 15.4. The Hall–Kier alpha value is -1.68. The van der Waals surface area contributed by atoms with Gasteiger partial charge in [0.1, 0.15) is 0 Å². The first-order valence-electron chi connectivity index (χ1n) is 6.28. The van der Waals surface area contributed by atoms with Crippen molar-refractivity contribution in [2.75, 3.05) is 7.05 Å². The van der Waals surface area contributed by atoms with Gasteiger partial charge in [-0.2, -0.15) is 0 Å². The van der Waals surface area contributed by atoms with Gasteiger partial charge in [0.25, 0.3) is 0 Å². The largest absolute Gasteiger partial charge is 0.312 e. The Morgan fingerprint density at radius 2 is 2.00 bits per heavy atom. The van der Waals surface area contributed by atoms with Crippen molar-refractivity contribution in [2.45, 2.75) is 25.8 Å². The maximum Gasteiger partial charge on any atom is 0.0753 e. The molecule has 0 fully saturated rings. The lowest BCUT2D eigenvalue weighted by Crippen LogP contribution is -2.20. The van der Waals surface area contributed by atoms with E-state index in [2.05, 4.69) is 46.8 Å². The molecule has 0 aliphatic rings. The first kappa shape index (κ1) is 12.8. The maximum absolute atomic E-state index is 3.98. The SMILES string of the molecule is CNC(CCc1ccc(C)cc1)c1cnnn1C. The lowest BCUT2D eigenvalue weighted by Gasteiger charge is -2.15. The van der Waals surface area contributed by atoms with E-state index in [1.165, 1.54) is 11.1 Å². The highest BCUT2D eigenvalue weighted by molar-refractivity contribution is 5.21. The summed E-state index contributed by atoms with van der Waals surface area (Å²) >= 11 is 0. The molecule has 0 bridgehead atoms. The summed E-state index contributed by atoms with van der Waals surface area (Å²) in [7, 11) is 3.91. The third-order valence-corrected chi connectivity index (χ3v) is 3.30. The van der Waals surface area contributed by atoms with E-state index in [9.17, 15) is 0 Å². The van der Waals surface area contributed by atoms with Crippen LogP contribution in [0, 0.1) is 6.92 Å². The van der Waals surface area contributed by atoms with Gasteiger partial charge in [-0.05, 0) is 32.4 Å². The zero-order chi connectivity index (χ0) is 13.0. The Bertz CT molecular complexity index is 487. The standard InChI is InChI=1S/C14H20N4/c1-11-4-6-12(7-5-11)8-9-13(15-2)14-10-16-17-18(14)3/h4-7,10,13,15H,8-9H2,1-3H3. The fraction of sp³-hybridized carbons (Fsp3) is 0.429. The van der Waals surface area contributed by atoms with E-state index >= 15 is 0 Å². The number of rotatable bonds is 5. The molecule has 1 aromatic heterocycles. The summed E-state index contributed by atoms with van der Waals surface area (Å²) < 4.78 is 1.83. The summed E-state index contributed by atoms with van der Waals surface area (Å²) in [6.07, 6.45) is 3.92. The normalized spacial score (nSPS) is 12.6. The number of nitrogens with one attached hydrogen (secondary N) is 1. The van der Waals surface area contributed by atoms with Crippen LogP contribution in [-0.2, 0) is 13.5 Å². The second-order valence-corrected chi connectivity index (χ2v) is 4.65. The van der Waals surface area contributed by atoms with Gasteiger partial charge >= 0.3 is 0 Å².